The largest absolute Gasteiger partial charge is 0.376 e. The molecule has 2 N–H and O–H groups in total. The molecule has 3 heteroatoms. The van der Waals surface area contributed by atoms with Crippen LogP contribution in [-0.2, 0) is 11.2 Å². The zero-order valence-corrected chi connectivity index (χ0v) is 13.2. The molecule has 0 spiro atoms. The SMILES string of the molecule is CCC(N)Cc1ccc(N(C)C2CCOC2C)c(C)c1. The minimum absolute atomic E-state index is 0.265. The number of ether oxygens (including phenoxy) is 1. The Balaban J connectivity index is 2.12. The topological polar surface area (TPSA) is 38.5 Å². The quantitative estimate of drug-likeness (QED) is 0.898. The predicted octanol–water partition coefficient (Wildman–Crippen LogP) is 2.89. The van der Waals surface area contributed by atoms with Gasteiger partial charge in [0.1, 0.15) is 0 Å². The van der Waals surface area contributed by atoms with Gasteiger partial charge in [-0.15, -0.1) is 0 Å². The smallest absolute Gasteiger partial charge is 0.0750 e. The molecule has 1 aliphatic heterocycles. The van der Waals surface area contributed by atoms with E-state index in [0.29, 0.717) is 12.1 Å². The number of nitrogens with zero attached hydrogens (tertiary/aromatic N) is 1. The van der Waals surface area contributed by atoms with Crippen molar-refractivity contribution in [3.63, 3.8) is 0 Å². The molecule has 1 saturated heterocycles. The van der Waals surface area contributed by atoms with Crippen molar-refractivity contribution < 1.29 is 4.74 Å². The number of likely N-dealkylation sites (N-methyl/N-ethyl adjacent to an activating group) is 1. The maximum absolute atomic E-state index is 6.04. The summed E-state index contributed by atoms with van der Waals surface area (Å²) in [7, 11) is 2.18. The number of aryl methyl sites for hydroxylation is 1. The molecule has 1 aromatic rings. The van der Waals surface area contributed by atoms with Crippen LogP contribution in [0.2, 0.25) is 0 Å². The minimum Gasteiger partial charge on any atom is -0.376 e. The second kappa shape index (κ2) is 6.59. The van der Waals surface area contributed by atoms with Gasteiger partial charge < -0.3 is 15.4 Å². The van der Waals surface area contributed by atoms with Crippen molar-refractivity contribution in [3.8, 4) is 0 Å². The lowest BCUT2D eigenvalue weighted by atomic mass is 10.0. The van der Waals surface area contributed by atoms with Crippen LogP contribution in [0.1, 0.15) is 37.8 Å². The van der Waals surface area contributed by atoms with Crippen LogP contribution >= 0.6 is 0 Å². The van der Waals surface area contributed by atoms with Crippen LogP contribution in [0.5, 0.6) is 0 Å². The van der Waals surface area contributed by atoms with Gasteiger partial charge in [-0.2, -0.15) is 0 Å². The van der Waals surface area contributed by atoms with Gasteiger partial charge in [0.15, 0.2) is 0 Å². The van der Waals surface area contributed by atoms with E-state index in [1.165, 1.54) is 16.8 Å². The van der Waals surface area contributed by atoms with Crippen LogP contribution in [0.25, 0.3) is 0 Å². The number of anilines is 1. The van der Waals surface area contributed by atoms with Crippen LogP contribution in [0.15, 0.2) is 18.2 Å². The van der Waals surface area contributed by atoms with E-state index in [4.69, 9.17) is 10.5 Å². The summed E-state index contributed by atoms with van der Waals surface area (Å²) in [4.78, 5) is 2.37. The van der Waals surface area contributed by atoms with E-state index >= 15 is 0 Å². The summed E-state index contributed by atoms with van der Waals surface area (Å²) in [6, 6.07) is 7.48. The van der Waals surface area contributed by atoms with E-state index in [1.54, 1.807) is 0 Å². The Kier molecular flexibility index (Phi) is 5.06. The van der Waals surface area contributed by atoms with Crippen LogP contribution in [0, 0.1) is 6.92 Å². The zero-order chi connectivity index (χ0) is 14.7. The van der Waals surface area contributed by atoms with Gasteiger partial charge >= 0.3 is 0 Å². The second-order valence-corrected chi connectivity index (χ2v) is 6.04. The van der Waals surface area contributed by atoms with Gasteiger partial charge in [0.2, 0.25) is 0 Å². The Bertz CT molecular complexity index is 447. The molecular weight excluding hydrogens is 248 g/mol. The molecule has 3 unspecified atom stereocenters. The lowest BCUT2D eigenvalue weighted by Gasteiger charge is -2.30. The van der Waals surface area contributed by atoms with Gasteiger partial charge in [0.05, 0.1) is 12.1 Å². The van der Waals surface area contributed by atoms with E-state index in [2.05, 4.69) is 50.9 Å². The van der Waals surface area contributed by atoms with Crippen molar-refractivity contribution in [2.45, 2.75) is 58.2 Å². The van der Waals surface area contributed by atoms with Gasteiger partial charge in [0.25, 0.3) is 0 Å². The maximum Gasteiger partial charge on any atom is 0.0750 e. The van der Waals surface area contributed by atoms with Gasteiger partial charge in [-0.25, -0.2) is 0 Å². The van der Waals surface area contributed by atoms with Crippen LogP contribution in [0.4, 0.5) is 5.69 Å². The first-order valence-electron chi connectivity index (χ1n) is 7.72. The standard InChI is InChI=1S/C17H28N2O/c1-5-15(18)11-14-6-7-16(12(2)10-14)19(4)17-8-9-20-13(17)3/h6-7,10,13,15,17H,5,8-9,11,18H2,1-4H3. The number of rotatable bonds is 5. The maximum atomic E-state index is 6.04. The molecule has 0 bridgehead atoms. The summed E-state index contributed by atoms with van der Waals surface area (Å²) >= 11 is 0. The number of hydrogen-bond donors (Lipinski definition) is 1. The highest BCUT2D eigenvalue weighted by molar-refractivity contribution is 5.55. The number of benzene rings is 1. The summed E-state index contributed by atoms with van der Waals surface area (Å²) in [5.74, 6) is 0. The van der Waals surface area contributed by atoms with Gasteiger partial charge in [-0.05, 0) is 50.3 Å². The normalized spacial score (nSPS) is 23.9. The Hall–Kier alpha value is -1.06. The third-order valence-corrected chi connectivity index (χ3v) is 4.50. The molecule has 0 aliphatic carbocycles. The zero-order valence-electron chi connectivity index (χ0n) is 13.2. The summed E-state index contributed by atoms with van der Waals surface area (Å²) in [5.41, 5.74) is 10.0. The molecule has 0 amide bonds. The van der Waals surface area contributed by atoms with Crippen molar-refractivity contribution in [1.82, 2.24) is 0 Å². The Morgan fingerprint density at radius 2 is 2.20 bits per heavy atom. The molecule has 112 valence electrons. The van der Waals surface area contributed by atoms with Gasteiger partial charge in [-0.1, -0.05) is 19.1 Å². The first kappa shape index (κ1) is 15.3. The number of nitrogens with two attached hydrogens (primary N) is 1. The molecular formula is C17H28N2O. The van der Waals surface area contributed by atoms with Crippen molar-refractivity contribution in [3.05, 3.63) is 29.3 Å². The van der Waals surface area contributed by atoms with Crippen LogP contribution in [0.3, 0.4) is 0 Å². The predicted molar refractivity (Wildman–Crippen MR) is 85.4 cm³/mol. The van der Waals surface area contributed by atoms with Gasteiger partial charge in [0, 0.05) is 25.4 Å². The van der Waals surface area contributed by atoms with E-state index in [1.807, 2.05) is 0 Å². The third kappa shape index (κ3) is 3.33. The lowest BCUT2D eigenvalue weighted by molar-refractivity contribution is 0.118. The van der Waals surface area contributed by atoms with Gasteiger partial charge in [-0.3, -0.25) is 0 Å². The van der Waals surface area contributed by atoms with E-state index in [-0.39, 0.29) is 6.04 Å². The minimum atomic E-state index is 0.265. The van der Waals surface area contributed by atoms with Crippen molar-refractivity contribution in [2.75, 3.05) is 18.6 Å². The fourth-order valence-electron chi connectivity index (χ4n) is 3.10. The molecule has 0 radical (unpaired) electrons. The Morgan fingerprint density at radius 3 is 2.75 bits per heavy atom. The average Bonchev–Trinajstić information content (AvgIpc) is 2.84. The highest BCUT2D eigenvalue weighted by Gasteiger charge is 2.28. The average molecular weight is 276 g/mol. The van der Waals surface area contributed by atoms with Crippen LogP contribution in [-0.4, -0.2) is 31.8 Å². The molecule has 1 heterocycles. The first-order valence-corrected chi connectivity index (χ1v) is 7.72. The first-order chi connectivity index (χ1) is 9.52. The van der Waals surface area contributed by atoms with Crippen LogP contribution < -0.4 is 10.6 Å². The monoisotopic (exact) mass is 276 g/mol. The lowest BCUT2D eigenvalue weighted by Crippen LogP contribution is -2.37. The van der Waals surface area contributed by atoms with E-state index in [0.717, 1.165) is 25.9 Å². The summed E-state index contributed by atoms with van der Waals surface area (Å²) in [6.45, 7) is 7.37. The van der Waals surface area contributed by atoms with E-state index < -0.39 is 0 Å². The number of hydrogen-bond acceptors (Lipinski definition) is 3. The van der Waals surface area contributed by atoms with Crippen molar-refractivity contribution in [2.24, 2.45) is 5.73 Å². The summed E-state index contributed by atoms with van der Waals surface area (Å²) < 4.78 is 5.68. The molecule has 3 atom stereocenters. The fraction of sp³-hybridized carbons (Fsp3) is 0.647. The molecule has 2 rings (SSSR count). The summed E-state index contributed by atoms with van der Waals surface area (Å²) in [5, 5.41) is 0. The molecule has 0 aromatic heterocycles. The fourth-order valence-corrected chi connectivity index (χ4v) is 3.10. The molecule has 3 nitrogen and oxygen atoms in total. The second-order valence-electron chi connectivity index (χ2n) is 6.04. The summed E-state index contributed by atoms with van der Waals surface area (Å²) in [6.07, 6.45) is 3.41. The molecule has 1 fully saturated rings. The highest BCUT2D eigenvalue weighted by Crippen LogP contribution is 2.27. The van der Waals surface area contributed by atoms with Crippen molar-refractivity contribution in [1.29, 1.82) is 0 Å². The Morgan fingerprint density at radius 1 is 1.45 bits per heavy atom. The third-order valence-electron chi connectivity index (χ3n) is 4.50. The molecule has 0 saturated carbocycles. The van der Waals surface area contributed by atoms with E-state index in [9.17, 15) is 0 Å². The highest BCUT2D eigenvalue weighted by atomic mass is 16.5. The Labute approximate surface area is 123 Å². The molecule has 1 aromatic carbocycles. The molecule has 20 heavy (non-hydrogen) atoms. The van der Waals surface area contributed by atoms with Crippen molar-refractivity contribution >= 4 is 5.69 Å². The molecule has 1 aliphatic rings.